The highest BCUT2D eigenvalue weighted by atomic mass is 32.9. The van der Waals surface area contributed by atoms with E-state index in [1.165, 1.54) is 0 Å². The first-order valence-corrected chi connectivity index (χ1v) is 3.78. The average molecular weight is 151 g/mol. The quantitative estimate of drug-likeness (QED) is 0.404. The Balaban J connectivity index is 3.66. The molecule has 8 heavy (non-hydrogen) atoms. The van der Waals surface area contributed by atoms with E-state index < -0.39 is 9.75 Å². The van der Waals surface area contributed by atoms with E-state index in [9.17, 15) is 9.59 Å². The van der Waals surface area contributed by atoms with Crippen LogP contribution in [-0.4, -0.2) is 9.94 Å². The van der Waals surface area contributed by atoms with Crippen LogP contribution < -0.4 is 9.75 Å². The molecule has 0 radical (unpaired) electrons. The van der Waals surface area contributed by atoms with E-state index in [2.05, 4.69) is 0 Å². The molecule has 4 nitrogen and oxygen atoms in total. The third kappa shape index (κ3) is 0.673. The van der Waals surface area contributed by atoms with Gasteiger partial charge in [0.2, 0.25) is 0 Å². The highest BCUT2D eigenvalue weighted by molar-refractivity contribution is 7.67. The molecule has 0 spiro atoms. The first-order valence-electron chi connectivity index (χ1n) is 1.63. The average Bonchev–Trinajstić information content (AvgIpc) is 1.98. The molecule has 44 valence electrons. The van der Waals surface area contributed by atoms with Crippen molar-refractivity contribution in [3.05, 3.63) is 19.3 Å². The molecule has 0 aliphatic heterocycles. The molecular formula is C2HNO3S2. The van der Waals surface area contributed by atoms with E-state index in [-0.39, 0.29) is 4.73 Å². The minimum atomic E-state index is -0.625. The van der Waals surface area contributed by atoms with Gasteiger partial charge in [-0.3, -0.25) is 9.59 Å². The second-order valence-corrected chi connectivity index (χ2v) is 3.04. The maximum absolute atomic E-state index is 10.2. The van der Waals surface area contributed by atoms with Gasteiger partial charge in [-0.2, -0.15) is 0 Å². The van der Waals surface area contributed by atoms with Crippen LogP contribution >= 0.6 is 20.7 Å². The van der Waals surface area contributed by atoms with Gasteiger partial charge in [-0.05, 0) is 20.7 Å². The third-order valence-corrected chi connectivity index (χ3v) is 2.35. The van der Waals surface area contributed by atoms with E-state index >= 15 is 0 Å². The first-order chi connectivity index (χ1) is 3.72. The van der Waals surface area contributed by atoms with Crippen molar-refractivity contribution >= 4 is 20.7 Å². The Kier molecular flexibility index (Phi) is 1.18. The summed E-state index contributed by atoms with van der Waals surface area (Å²) in [5, 5.41) is 8.36. The maximum Gasteiger partial charge on any atom is 0.353 e. The van der Waals surface area contributed by atoms with Crippen LogP contribution in [0.3, 0.4) is 0 Å². The Bertz CT molecular complexity index is 252. The second-order valence-electron chi connectivity index (χ2n) is 1.01. The summed E-state index contributed by atoms with van der Waals surface area (Å²) in [5.74, 6) is 0. The van der Waals surface area contributed by atoms with Crippen molar-refractivity contribution in [2.75, 3.05) is 0 Å². The zero-order valence-electron chi connectivity index (χ0n) is 3.53. The molecular weight excluding hydrogens is 150 g/mol. The van der Waals surface area contributed by atoms with Crippen LogP contribution in [0.4, 0.5) is 0 Å². The van der Waals surface area contributed by atoms with Gasteiger partial charge in [0.1, 0.15) is 0 Å². The molecule has 0 atom stereocenters. The van der Waals surface area contributed by atoms with Crippen LogP contribution in [0, 0.1) is 0 Å². The van der Waals surface area contributed by atoms with Crippen LogP contribution in [-0.2, 0) is 0 Å². The van der Waals surface area contributed by atoms with Gasteiger partial charge in [0.05, 0.1) is 0 Å². The lowest BCUT2D eigenvalue weighted by Gasteiger charge is -1.74. The van der Waals surface area contributed by atoms with E-state index in [1.807, 2.05) is 0 Å². The lowest BCUT2D eigenvalue weighted by atomic mass is 11.3. The summed E-state index contributed by atoms with van der Waals surface area (Å²) < 4.78 is 0.0926. The van der Waals surface area contributed by atoms with Crippen LogP contribution in [0.5, 0.6) is 0 Å². The van der Waals surface area contributed by atoms with Crippen molar-refractivity contribution in [1.29, 1.82) is 0 Å². The van der Waals surface area contributed by atoms with Crippen molar-refractivity contribution in [1.82, 2.24) is 4.73 Å². The number of hydrogen-bond donors (Lipinski definition) is 1. The molecule has 0 bridgehead atoms. The topological polar surface area (TPSA) is 59.3 Å². The highest BCUT2D eigenvalue weighted by Crippen LogP contribution is 1.86. The predicted molar refractivity (Wildman–Crippen MR) is 29.9 cm³/mol. The van der Waals surface area contributed by atoms with E-state index in [0.29, 0.717) is 0 Å². The fraction of sp³-hybridized carbons (Fsp3) is 0. The van der Waals surface area contributed by atoms with Gasteiger partial charge in [0, 0.05) is 0 Å². The van der Waals surface area contributed by atoms with Gasteiger partial charge in [0.15, 0.2) is 0 Å². The molecule has 0 aliphatic rings. The molecule has 0 amide bonds. The molecule has 6 heteroatoms. The first kappa shape index (κ1) is 5.52. The number of hydrogen-bond acceptors (Lipinski definition) is 5. The molecule has 0 unspecified atom stereocenters. The summed E-state index contributed by atoms with van der Waals surface area (Å²) in [5.41, 5.74) is 0. The fourth-order valence-corrected chi connectivity index (χ4v) is 1.58. The number of nitrogens with zero attached hydrogens (tertiary/aromatic N) is 1. The monoisotopic (exact) mass is 151 g/mol. The van der Waals surface area contributed by atoms with Gasteiger partial charge in [-0.15, -0.1) is 0 Å². The van der Waals surface area contributed by atoms with Gasteiger partial charge in [-0.25, -0.2) is 0 Å². The Morgan fingerprint density at radius 2 is 1.62 bits per heavy atom. The molecule has 0 saturated heterocycles. The van der Waals surface area contributed by atoms with Gasteiger partial charge in [-0.1, -0.05) is 4.73 Å². The molecule has 1 aromatic heterocycles. The highest BCUT2D eigenvalue weighted by Gasteiger charge is 1.97. The lowest BCUT2D eigenvalue weighted by molar-refractivity contribution is 0.173. The van der Waals surface area contributed by atoms with E-state index in [0.717, 1.165) is 20.7 Å². The predicted octanol–water partition coefficient (Wildman–Crippen LogP) is -0.431. The SMILES string of the molecule is O=c1ssc(=O)n1O. The molecule has 0 aliphatic carbocycles. The third-order valence-electron chi connectivity index (χ3n) is 0.530. The largest absolute Gasteiger partial charge is 0.421 e. The minimum Gasteiger partial charge on any atom is -0.421 e. The molecule has 0 saturated carbocycles. The number of aromatic nitrogens is 1. The maximum atomic E-state index is 10.2. The standard InChI is InChI=1S/C2HNO3S2/c4-1-3(6)2(5)8-7-1/h6H. The van der Waals surface area contributed by atoms with Crippen LogP contribution in [0.2, 0.25) is 0 Å². The van der Waals surface area contributed by atoms with Gasteiger partial charge >= 0.3 is 9.75 Å². The molecule has 1 rings (SSSR count). The zero-order chi connectivity index (χ0) is 6.15. The summed E-state index contributed by atoms with van der Waals surface area (Å²) >= 11 is 0. The summed E-state index contributed by atoms with van der Waals surface area (Å²) in [6, 6.07) is 0. The summed E-state index contributed by atoms with van der Waals surface area (Å²) in [6.45, 7) is 0. The summed E-state index contributed by atoms with van der Waals surface area (Å²) in [4.78, 5) is 19.1. The smallest absolute Gasteiger partial charge is 0.353 e. The van der Waals surface area contributed by atoms with Crippen LogP contribution in [0.15, 0.2) is 9.59 Å². The fourth-order valence-electron chi connectivity index (χ4n) is 0.216. The minimum absolute atomic E-state index is 0.0926. The van der Waals surface area contributed by atoms with E-state index in [1.54, 1.807) is 0 Å². The van der Waals surface area contributed by atoms with Crippen molar-refractivity contribution in [3.63, 3.8) is 0 Å². The molecule has 0 aromatic carbocycles. The van der Waals surface area contributed by atoms with Crippen LogP contribution in [0.1, 0.15) is 0 Å². The normalized spacial score (nSPS) is 9.50. The van der Waals surface area contributed by atoms with Crippen molar-refractivity contribution in [2.45, 2.75) is 0 Å². The second kappa shape index (κ2) is 1.71. The van der Waals surface area contributed by atoms with Gasteiger partial charge in [0.25, 0.3) is 0 Å². The zero-order valence-corrected chi connectivity index (χ0v) is 5.16. The molecule has 1 aromatic rings. The molecule has 1 heterocycles. The van der Waals surface area contributed by atoms with Crippen molar-refractivity contribution in [3.8, 4) is 0 Å². The van der Waals surface area contributed by atoms with Gasteiger partial charge < -0.3 is 5.21 Å². The van der Waals surface area contributed by atoms with Crippen LogP contribution in [0.25, 0.3) is 0 Å². The molecule has 0 fully saturated rings. The Hall–Kier alpha value is -0.620. The molecule has 1 N–H and O–H groups in total. The Morgan fingerprint density at radius 1 is 1.25 bits per heavy atom. The van der Waals surface area contributed by atoms with Crippen molar-refractivity contribution in [2.24, 2.45) is 0 Å². The summed E-state index contributed by atoms with van der Waals surface area (Å²) in [7, 11) is 1.44. The Morgan fingerprint density at radius 3 is 1.75 bits per heavy atom. The van der Waals surface area contributed by atoms with Crippen molar-refractivity contribution < 1.29 is 5.21 Å². The lowest BCUT2D eigenvalue weighted by Crippen LogP contribution is -2.20. The van der Waals surface area contributed by atoms with E-state index in [4.69, 9.17) is 5.21 Å². The Labute approximate surface area is 50.6 Å². The number of rotatable bonds is 0. The summed E-state index contributed by atoms with van der Waals surface area (Å²) in [6.07, 6.45) is 0.